The number of nitrogens with one attached hydrogen (secondary N) is 2. The fourth-order valence-corrected chi connectivity index (χ4v) is 3.47. The van der Waals surface area contributed by atoms with Gasteiger partial charge in [0.1, 0.15) is 11.0 Å². The van der Waals surface area contributed by atoms with Crippen molar-refractivity contribution in [2.75, 3.05) is 6.61 Å². The first-order chi connectivity index (χ1) is 11.3. The van der Waals surface area contributed by atoms with Crippen molar-refractivity contribution in [2.45, 2.75) is 42.3 Å². The number of rotatable bonds is 8. The minimum absolute atomic E-state index is 0.0460. The molecule has 1 unspecified atom stereocenters. The lowest BCUT2D eigenvalue weighted by Crippen LogP contribution is -2.40. The molecule has 3 rings (SSSR count). The minimum atomic E-state index is -3.72. The van der Waals surface area contributed by atoms with Crippen molar-refractivity contribution < 1.29 is 27.9 Å². The van der Waals surface area contributed by atoms with Gasteiger partial charge in [-0.2, -0.15) is 0 Å². The van der Waals surface area contributed by atoms with Crippen molar-refractivity contribution in [1.82, 2.24) is 15.0 Å². The van der Waals surface area contributed by atoms with Gasteiger partial charge in [0, 0.05) is 18.4 Å². The number of carboxylic acids is 1. The number of carbonyl (C=O) groups excluding carboxylic acids is 1. The van der Waals surface area contributed by atoms with Gasteiger partial charge in [0.05, 0.1) is 24.6 Å². The van der Waals surface area contributed by atoms with Gasteiger partial charge in [0.2, 0.25) is 10.0 Å². The maximum Gasteiger partial charge on any atom is 0.305 e. The number of carboxylic acid groups (broad SMARTS) is 1. The van der Waals surface area contributed by atoms with Gasteiger partial charge in [-0.3, -0.25) is 14.6 Å². The van der Waals surface area contributed by atoms with Crippen LogP contribution in [0.2, 0.25) is 0 Å². The Morgan fingerprint density at radius 2 is 2.08 bits per heavy atom. The number of nitrogens with zero attached hydrogens (tertiary/aromatic N) is 1. The third kappa shape index (κ3) is 4.28. The van der Waals surface area contributed by atoms with Crippen LogP contribution in [0.4, 0.5) is 0 Å². The lowest BCUT2D eigenvalue weighted by atomic mass is 10.1. The zero-order valence-electron chi connectivity index (χ0n) is 12.6. The van der Waals surface area contributed by atoms with E-state index < -0.39 is 27.9 Å². The van der Waals surface area contributed by atoms with Crippen molar-refractivity contribution in [3.05, 3.63) is 24.0 Å². The van der Waals surface area contributed by atoms with E-state index in [0.29, 0.717) is 6.61 Å². The zero-order valence-corrected chi connectivity index (χ0v) is 13.5. The second-order valence-corrected chi connectivity index (χ2v) is 7.57. The van der Waals surface area contributed by atoms with Gasteiger partial charge in [0.15, 0.2) is 0 Å². The molecule has 0 bridgehead atoms. The highest BCUT2D eigenvalue weighted by molar-refractivity contribution is 7.89. The van der Waals surface area contributed by atoms with Crippen LogP contribution < -0.4 is 10.0 Å². The summed E-state index contributed by atoms with van der Waals surface area (Å²) < 4.78 is 31.9. The van der Waals surface area contributed by atoms with Crippen LogP contribution in [0.1, 0.15) is 29.6 Å². The number of amides is 1. The van der Waals surface area contributed by atoms with Crippen LogP contribution in [0.3, 0.4) is 0 Å². The molecule has 10 heteroatoms. The SMILES string of the molecule is O=C(O)C[C@H](NC(=O)c1cncc(S(=O)(=O)NC2CC2)c1)C1CO1. The Morgan fingerprint density at radius 1 is 1.38 bits per heavy atom. The summed E-state index contributed by atoms with van der Waals surface area (Å²) >= 11 is 0. The Hall–Kier alpha value is -2.04. The monoisotopic (exact) mass is 355 g/mol. The average Bonchev–Trinajstić information content (AvgIpc) is 3.40. The molecule has 2 fully saturated rings. The second kappa shape index (κ2) is 6.46. The van der Waals surface area contributed by atoms with E-state index in [4.69, 9.17) is 9.84 Å². The number of aromatic nitrogens is 1. The molecule has 1 aliphatic heterocycles. The molecular formula is C14H17N3O6S. The van der Waals surface area contributed by atoms with Gasteiger partial charge in [-0.15, -0.1) is 0 Å². The van der Waals surface area contributed by atoms with Crippen LogP contribution in [0.15, 0.2) is 23.4 Å². The lowest BCUT2D eigenvalue weighted by Gasteiger charge is -2.14. The molecule has 1 aliphatic carbocycles. The van der Waals surface area contributed by atoms with E-state index in [9.17, 15) is 18.0 Å². The molecule has 130 valence electrons. The number of hydrogen-bond donors (Lipinski definition) is 3. The molecule has 1 aromatic rings. The normalized spacial score (nSPS) is 21.1. The van der Waals surface area contributed by atoms with Crippen LogP contribution >= 0.6 is 0 Å². The number of ether oxygens (including phenoxy) is 1. The summed E-state index contributed by atoms with van der Waals surface area (Å²) in [7, 11) is -3.72. The van der Waals surface area contributed by atoms with Crippen molar-refractivity contribution in [3.8, 4) is 0 Å². The highest BCUT2D eigenvalue weighted by atomic mass is 32.2. The molecule has 3 N–H and O–H groups in total. The van der Waals surface area contributed by atoms with Crippen molar-refractivity contribution >= 4 is 21.9 Å². The Labute approximate surface area is 138 Å². The van der Waals surface area contributed by atoms with Crippen LogP contribution in [-0.4, -0.2) is 55.2 Å². The molecule has 2 heterocycles. The summed E-state index contributed by atoms with van der Waals surface area (Å²) in [5.74, 6) is -1.65. The van der Waals surface area contributed by atoms with Crippen molar-refractivity contribution in [3.63, 3.8) is 0 Å². The highest BCUT2D eigenvalue weighted by Gasteiger charge is 2.35. The first-order valence-corrected chi connectivity index (χ1v) is 8.95. The fraction of sp³-hybridized carbons (Fsp3) is 0.500. The minimum Gasteiger partial charge on any atom is -0.481 e. The van der Waals surface area contributed by atoms with Gasteiger partial charge in [-0.25, -0.2) is 13.1 Å². The van der Waals surface area contributed by atoms with E-state index in [1.807, 2.05) is 0 Å². The van der Waals surface area contributed by atoms with Crippen molar-refractivity contribution in [1.29, 1.82) is 0 Å². The molecule has 0 spiro atoms. The molecule has 2 atom stereocenters. The van der Waals surface area contributed by atoms with Gasteiger partial charge in [-0.1, -0.05) is 0 Å². The number of carbonyl (C=O) groups is 2. The van der Waals surface area contributed by atoms with E-state index in [-0.39, 0.29) is 29.0 Å². The van der Waals surface area contributed by atoms with E-state index >= 15 is 0 Å². The largest absolute Gasteiger partial charge is 0.481 e. The molecule has 1 saturated heterocycles. The van der Waals surface area contributed by atoms with Gasteiger partial charge in [-0.05, 0) is 18.9 Å². The van der Waals surface area contributed by atoms with E-state index in [1.54, 1.807) is 0 Å². The molecule has 0 aromatic carbocycles. The number of sulfonamides is 1. The Kier molecular flexibility index (Phi) is 4.52. The predicted molar refractivity (Wildman–Crippen MR) is 80.8 cm³/mol. The molecule has 1 saturated carbocycles. The topological polar surface area (TPSA) is 138 Å². The Balaban J connectivity index is 1.72. The molecule has 0 radical (unpaired) electrons. The van der Waals surface area contributed by atoms with Crippen LogP contribution in [0.25, 0.3) is 0 Å². The maximum absolute atomic E-state index is 12.3. The summed E-state index contributed by atoms with van der Waals surface area (Å²) in [4.78, 5) is 26.8. The Bertz CT molecular complexity index is 758. The Morgan fingerprint density at radius 3 is 2.67 bits per heavy atom. The quantitative estimate of drug-likeness (QED) is 0.534. The number of epoxide rings is 1. The second-order valence-electron chi connectivity index (χ2n) is 5.85. The zero-order chi connectivity index (χ0) is 17.3. The third-order valence-electron chi connectivity index (χ3n) is 3.70. The van der Waals surface area contributed by atoms with Crippen molar-refractivity contribution in [2.24, 2.45) is 0 Å². The standard InChI is InChI=1S/C14H17N3O6S/c18-13(19)4-11(12-7-23-12)16-14(20)8-3-10(6-15-5-8)24(21,22)17-9-1-2-9/h3,5-6,9,11-12,17H,1-2,4,7H2,(H,16,20)(H,18,19)/t11-,12?/m0/s1. The van der Waals surface area contributed by atoms with Crippen LogP contribution in [0.5, 0.6) is 0 Å². The maximum atomic E-state index is 12.3. The molecule has 1 aromatic heterocycles. The van der Waals surface area contributed by atoms with Crippen LogP contribution in [-0.2, 0) is 19.6 Å². The predicted octanol–water partition coefficient (Wildman–Crippen LogP) is -0.506. The molecule has 9 nitrogen and oxygen atoms in total. The van der Waals surface area contributed by atoms with E-state index in [2.05, 4.69) is 15.0 Å². The smallest absolute Gasteiger partial charge is 0.305 e. The number of hydrogen-bond acceptors (Lipinski definition) is 6. The molecule has 24 heavy (non-hydrogen) atoms. The van der Waals surface area contributed by atoms with E-state index in [0.717, 1.165) is 12.8 Å². The van der Waals surface area contributed by atoms with Crippen LogP contribution in [0, 0.1) is 0 Å². The molecule has 1 amide bonds. The average molecular weight is 355 g/mol. The summed E-state index contributed by atoms with van der Waals surface area (Å²) in [5.41, 5.74) is 0.0460. The summed E-state index contributed by atoms with van der Waals surface area (Å²) in [5, 5.41) is 11.4. The third-order valence-corrected chi connectivity index (χ3v) is 5.19. The summed E-state index contributed by atoms with van der Waals surface area (Å²) in [6.45, 7) is 0.385. The number of aliphatic carboxylic acids is 1. The first kappa shape index (κ1) is 16.8. The van der Waals surface area contributed by atoms with Gasteiger partial charge >= 0.3 is 5.97 Å². The summed E-state index contributed by atoms with van der Waals surface area (Å²) in [6.07, 6.45) is 3.39. The number of pyridine rings is 1. The van der Waals surface area contributed by atoms with E-state index in [1.165, 1.54) is 18.5 Å². The first-order valence-electron chi connectivity index (χ1n) is 7.47. The summed E-state index contributed by atoms with van der Waals surface area (Å²) in [6, 6.07) is 0.498. The van der Waals surface area contributed by atoms with Gasteiger partial charge in [0.25, 0.3) is 5.91 Å². The van der Waals surface area contributed by atoms with Gasteiger partial charge < -0.3 is 15.2 Å². The molecule has 2 aliphatic rings. The fourth-order valence-electron chi connectivity index (χ4n) is 2.18. The highest BCUT2D eigenvalue weighted by Crippen LogP contribution is 2.22. The molecular weight excluding hydrogens is 338 g/mol. The lowest BCUT2D eigenvalue weighted by molar-refractivity contribution is -0.137.